The fourth-order valence-corrected chi connectivity index (χ4v) is 4.88. The van der Waals surface area contributed by atoms with E-state index in [1.807, 2.05) is 24.3 Å². The number of hydrogen-bond acceptors (Lipinski definition) is 6. The minimum absolute atomic E-state index is 0.148. The van der Waals surface area contributed by atoms with Crippen molar-refractivity contribution >= 4 is 39.1 Å². The molecular formula is C22H19N3O3S. The number of nitriles is 1. The maximum Gasteiger partial charge on any atom is 0.357 e. The van der Waals surface area contributed by atoms with Crippen molar-refractivity contribution < 1.29 is 14.3 Å². The number of aromatic nitrogens is 1. The number of pyridine rings is 1. The van der Waals surface area contributed by atoms with Crippen LogP contribution in [-0.2, 0) is 22.4 Å². The number of carbonyl (C=O) groups excluding carboxylic acids is 2. The summed E-state index contributed by atoms with van der Waals surface area (Å²) < 4.78 is 5.11. The number of para-hydroxylation sites is 1. The molecular weight excluding hydrogens is 386 g/mol. The molecule has 1 unspecified atom stereocenters. The van der Waals surface area contributed by atoms with E-state index in [4.69, 9.17) is 4.74 Å². The van der Waals surface area contributed by atoms with Gasteiger partial charge in [0.15, 0.2) is 6.61 Å². The van der Waals surface area contributed by atoms with Crippen molar-refractivity contribution in [3.8, 4) is 6.07 Å². The summed E-state index contributed by atoms with van der Waals surface area (Å²) in [5.41, 5.74) is 2.41. The van der Waals surface area contributed by atoms with Crippen LogP contribution in [-0.4, -0.2) is 23.5 Å². The number of esters is 1. The van der Waals surface area contributed by atoms with Crippen molar-refractivity contribution in [2.75, 3.05) is 11.9 Å². The molecule has 1 aromatic carbocycles. The average Bonchev–Trinajstić information content (AvgIpc) is 3.07. The zero-order chi connectivity index (χ0) is 20.4. The lowest BCUT2D eigenvalue weighted by Gasteiger charge is -2.17. The van der Waals surface area contributed by atoms with Gasteiger partial charge in [-0.1, -0.05) is 31.2 Å². The summed E-state index contributed by atoms with van der Waals surface area (Å²) in [6.45, 7) is 1.75. The Bertz CT molecular complexity index is 1150. The number of nitrogens with zero attached hydrogens (tertiary/aromatic N) is 2. The van der Waals surface area contributed by atoms with Crippen LogP contribution >= 0.6 is 11.3 Å². The SMILES string of the molecule is CC1CCc2c(sc(NC(=O)COC(=O)c3ccc4ccccc4n3)c2C#N)C1. The lowest BCUT2D eigenvalue weighted by atomic mass is 9.89. The number of fused-ring (bicyclic) bond motifs is 2. The van der Waals surface area contributed by atoms with Crippen LogP contribution in [0.1, 0.15) is 39.8 Å². The van der Waals surface area contributed by atoms with Gasteiger partial charge in [-0.25, -0.2) is 9.78 Å². The van der Waals surface area contributed by atoms with Gasteiger partial charge in [0.2, 0.25) is 0 Å². The fraction of sp³-hybridized carbons (Fsp3) is 0.273. The van der Waals surface area contributed by atoms with Crippen LogP contribution in [0.5, 0.6) is 0 Å². The predicted molar refractivity (Wildman–Crippen MR) is 111 cm³/mol. The molecule has 2 heterocycles. The number of benzene rings is 1. The fourth-order valence-electron chi connectivity index (χ4n) is 3.50. The Labute approximate surface area is 172 Å². The van der Waals surface area contributed by atoms with Gasteiger partial charge in [-0.2, -0.15) is 5.26 Å². The first-order valence-corrected chi connectivity index (χ1v) is 10.2. The number of thiophene rings is 1. The van der Waals surface area contributed by atoms with Crippen LogP contribution in [0, 0.1) is 17.2 Å². The maximum atomic E-state index is 12.3. The van der Waals surface area contributed by atoms with Gasteiger partial charge in [-0.3, -0.25) is 4.79 Å². The molecule has 0 aliphatic heterocycles. The van der Waals surface area contributed by atoms with Gasteiger partial charge in [-0.05, 0) is 42.9 Å². The van der Waals surface area contributed by atoms with Crippen LogP contribution in [0.4, 0.5) is 5.00 Å². The quantitative estimate of drug-likeness (QED) is 0.660. The average molecular weight is 405 g/mol. The molecule has 1 amide bonds. The third kappa shape index (κ3) is 3.98. The molecule has 146 valence electrons. The first-order chi connectivity index (χ1) is 14.0. The monoisotopic (exact) mass is 405 g/mol. The number of anilines is 1. The highest BCUT2D eigenvalue weighted by molar-refractivity contribution is 7.16. The van der Waals surface area contributed by atoms with E-state index in [0.717, 1.165) is 35.1 Å². The standard InChI is InChI=1S/C22H19N3O3S/c1-13-6-8-15-16(11-23)21(29-19(15)10-13)25-20(26)12-28-22(27)18-9-7-14-4-2-3-5-17(14)24-18/h2-5,7,9,13H,6,8,10,12H2,1H3,(H,25,26). The zero-order valence-electron chi connectivity index (χ0n) is 15.9. The van der Waals surface area contributed by atoms with Crippen LogP contribution in [0.2, 0.25) is 0 Å². The second-order valence-electron chi connectivity index (χ2n) is 7.18. The van der Waals surface area contributed by atoms with E-state index in [9.17, 15) is 14.9 Å². The molecule has 1 atom stereocenters. The van der Waals surface area contributed by atoms with Gasteiger partial charge in [-0.15, -0.1) is 11.3 Å². The van der Waals surface area contributed by atoms with Crippen molar-refractivity contribution in [2.24, 2.45) is 5.92 Å². The Kier molecular flexibility index (Phi) is 5.28. The smallest absolute Gasteiger partial charge is 0.357 e. The normalized spacial score (nSPS) is 15.4. The largest absolute Gasteiger partial charge is 0.451 e. The van der Waals surface area contributed by atoms with Gasteiger partial charge in [0.25, 0.3) is 5.91 Å². The number of hydrogen-bond donors (Lipinski definition) is 1. The van der Waals surface area contributed by atoms with Gasteiger partial charge >= 0.3 is 5.97 Å². The highest BCUT2D eigenvalue weighted by Crippen LogP contribution is 2.39. The first-order valence-electron chi connectivity index (χ1n) is 9.42. The molecule has 1 aliphatic rings. The van der Waals surface area contributed by atoms with Gasteiger partial charge in [0.1, 0.15) is 16.8 Å². The highest BCUT2D eigenvalue weighted by atomic mass is 32.1. The Morgan fingerprint density at radius 1 is 1.31 bits per heavy atom. The molecule has 6 nitrogen and oxygen atoms in total. The van der Waals surface area contributed by atoms with Crippen molar-refractivity contribution in [2.45, 2.75) is 26.2 Å². The predicted octanol–water partition coefficient (Wildman–Crippen LogP) is 4.09. The van der Waals surface area contributed by atoms with E-state index in [0.29, 0.717) is 22.0 Å². The van der Waals surface area contributed by atoms with E-state index in [1.54, 1.807) is 12.1 Å². The third-order valence-electron chi connectivity index (χ3n) is 5.02. The number of ether oxygens (including phenoxy) is 1. The molecule has 0 bridgehead atoms. The van der Waals surface area contributed by atoms with E-state index in [1.165, 1.54) is 11.3 Å². The molecule has 1 aliphatic carbocycles. The van der Waals surface area contributed by atoms with Gasteiger partial charge in [0.05, 0.1) is 11.1 Å². The summed E-state index contributed by atoms with van der Waals surface area (Å²) in [4.78, 5) is 30.0. The Hall–Kier alpha value is -3.24. The van der Waals surface area contributed by atoms with E-state index < -0.39 is 18.5 Å². The van der Waals surface area contributed by atoms with E-state index >= 15 is 0 Å². The molecule has 2 aromatic heterocycles. The Morgan fingerprint density at radius 3 is 2.97 bits per heavy atom. The topological polar surface area (TPSA) is 92.1 Å². The molecule has 0 saturated heterocycles. The van der Waals surface area contributed by atoms with Crippen molar-refractivity contribution in [3.63, 3.8) is 0 Å². The number of amides is 1. The summed E-state index contributed by atoms with van der Waals surface area (Å²) in [5, 5.41) is 13.7. The van der Waals surface area contributed by atoms with Crippen molar-refractivity contribution in [1.82, 2.24) is 4.98 Å². The maximum absolute atomic E-state index is 12.3. The van der Waals surface area contributed by atoms with Gasteiger partial charge < -0.3 is 10.1 Å². The molecule has 1 N–H and O–H groups in total. The molecule has 0 spiro atoms. The second kappa shape index (κ2) is 8.02. The summed E-state index contributed by atoms with van der Waals surface area (Å²) in [5.74, 6) is -0.556. The number of rotatable bonds is 4. The lowest BCUT2D eigenvalue weighted by Crippen LogP contribution is -2.21. The summed E-state index contributed by atoms with van der Waals surface area (Å²) in [7, 11) is 0. The molecule has 0 saturated carbocycles. The summed E-state index contributed by atoms with van der Waals surface area (Å²) >= 11 is 1.44. The molecule has 0 radical (unpaired) electrons. The highest BCUT2D eigenvalue weighted by Gasteiger charge is 2.25. The Balaban J connectivity index is 1.41. The third-order valence-corrected chi connectivity index (χ3v) is 6.19. The lowest BCUT2D eigenvalue weighted by molar-refractivity contribution is -0.119. The molecule has 3 aromatic rings. The Morgan fingerprint density at radius 2 is 2.14 bits per heavy atom. The summed E-state index contributed by atoms with van der Waals surface area (Å²) in [6.07, 6.45) is 2.82. The molecule has 0 fully saturated rings. The molecule has 7 heteroatoms. The first kappa shape index (κ1) is 19.1. The van der Waals surface area contributed by atoms with Crippen LogP contribution in [0.3, 0.4) is 0 Å². The van der Waals surface area contributed by atoms with Crippen LogP contribution in [0.25, 0.3) is 10.9 Å². The summed E-state index contributed by atoms with van der Waals surface area (Å²) in [6, 6.07) is 13.0. The van der Waals surface area contributed by atoms with E-state index in [-0.39, 0.29) is 5.69 Å². The second-order valence-corrected chi connectivity index (χ2v) is 8.29. The molecule has 29 heavy (non-hydrogen) atoms. The van der Waals surface area contributed by atoms with Crippen molar-refractivity contribution in [3.05, 3.63) is 58.1 Å². The number of carbonyl (C=O) groups is 2. The van der Waals surface area contributed by atoms with Crippen molar-refractivity contribution in [1.29, 1.82) is 5.26 Å². The number of nitrogens with one attached hydrogen (secondary N) is 1. The van der Waals surface area contributed by atoms with Crippen LogP contribution < -0.4 is 5.32 Å². The van der Waals surface area contributed by atoms with E-state index in [2.05, 4.69) is 23.3 Å². The van der Waals surface area contributed by atoms with Crippen LogP contribution in [0.15, 0.2) is 36.4 Å². The zero-order valence-corrected chi connectivity index (χ0v) is 16.7. The minimum Gasteiger partial charge on any atom is -0.451 e. The van der Waals surface area contributed by atoms with Gasteiger partial charge in [0, 0.05) is 10.3 Å². The minimum atomic E-state index is -0.661. The molecule has 4 rings (SSSR count).